The predicted octanol–water partition coefficient (Wildman–Crippen LogP) is 2.80. The third kappa shape index (κ3) is 3.46. The topological polar surface area (TPSA) is 108 Å². The Labute approximate surface area is 151 Å². The fourth-order valence-corrected chi connectivity index (χ4v) is 3.48. The van der Waals surface area contributed by atoms with E-state index in [-0.39, 0.29) is 5.69 Å². The third-order valence-electron chi connectivity index (χ3n) is 4.07. The van der Waals surface area contributed by atoms with Gasteiger partial charge in [0.25, 0.3) is 0 Å². The molecule has 1 heterocycles. The molecule has 1 aliphatic rings. The van der Waals surface area contributed by atoms with E-state index in [9.17, 15) is 18.0 Å². The summed E-state index contributed by atoms with van der Waals surface area (Å²) in [6, 6.07) is 8.01. The Hall–Kier alpha value is -2.36. The number of hydrogen-bond donors (Lipinski definition) is 2. The monoisotopic (exact) mass is 380 g/mol. The van der Waals surface area contributed by atoms with Gasteiger partial charge in [0, 0.05) is 11.6 Å². The molecule has 140 valence electrons. The first-order valence-corrected chi connectivity index (χ1v) is 9.69. The molecule has 9 heteroatoms. The lowest BCUT2D eigenvalue weighted by molar-refractivity contribution is -0.0600. The maximum Gasteiger partial charge on any atom is 0.229 e. The number of sulfonamides is 1. The molecule has 0 saturated heterocycles. The van der Waals surface area contributed by atoms with E-state index in [4.69, 9.17) is 10.5 Å². The molecule has 0 radical (unpaired) electrons. The van der Waals surface area contributed by atoms with Gasteiger partial charge in [0.1, 0.15) is 17.3 Å². The molecule has 3 N–H and O–H groups in total. The van der Waals surface area contributed by atoms with Crippen LogP contribution in [0.1, 0.15) is 31.0 Å². The second kappa shape index (κ2) is 6.11. The van der Waals surface area contributed by atoms with E-state index < -0.39 is 27.6 Å². The highest BCUT2D eigenvalue weighted by molar-refractivity contribution is 7.92. The second-order valence-electron chi connectivity index (χ2n) is 6.68. The lowest BCUT2D eigenvalue weighted by Gasteiger charge is -2.52. The van der Waals surface area contributed by atoms with Gasteiger partial charge in [-0.3, -0.25) is 4.72 Å². The first-order chi connectivity index (χ1) is 12.0. The second-order valence-corrected chi connectivity index (χ2v) is 8.43. The van der Waals surface area contributed by atoms with Crippen molar-refractivity contribution in [1.29, 1.82) is 0 Å². The van der Waals surface area contributed by atoms with Crippen LogP contribution in [0.15, 0.2) is 36.4 Å². The van der Waals surface area contributed by atoms with Gasteiger partial charge in [-0.05, 0) is 37.6 Å². The van der Waals surface area contributed by atoms with Gasteiger partial charge in [0.05, 0.1) is 23.7 Å². The Balaban J connectivity index is 2.12. The Kier molecular flexibility index (Phi) is 4.33. The van der Waals surface area contributed by atoms with Gasteiger partial charge in [-0.2, -0.15) is 0 Å². The normalized spacial score (nSPS) is 19.5. The average Bonchev–Trinajstić information content (AvgIpc) is 2.50. The average molecular weight is 380 g/mol. The molecule has 0 aliphatic carbocycles. The van der Waals surface area contributed by atoms with E-state index in [0.717, 1.165) is 11.3 Å². The predicted molar refractivity (Wildman–Crippen MR) is 97.5 cm³/mol. The quantitative estimate of drug-likeness (QED) is 0.793. The molecule has 1 atom stereocenters. The molecule has 1 aliphatic heterocycles. The lowest BCUT2D eigenvalue weighted by atomic mass is 9.93. The van der Waals surface area contributed by atoms with Crippen molar-refractivity contribution >= 4 is 21.4 Å². The van der Waals surface area contributed by atoms with Crippen LogP contribution in [0.4, 0.5) is 15.8 Å². The summed E-state index contributed by atoms with van der Waals surface area (Å²) in [5, 5.41) is 13.6. The number of rotatable bonds is 3. The van der Waals surface area contributed by atoms with Crippen LogP contribution >= 0.6 is 0 Å². The number of nitrogens with one attached hydrogen (secondary N) is 1. The van der Waals surface area contributed by atoms with Crippen LogP contribution in [-0.2, 0) is 10.0 Å². The van der Waals surface area contributed by atoms with Gasteiger partial charge < -0.3 is 20.7 Å². The zero-order chi connectivity index (χ0) is 19.3. The molecule has 0 aromatic heterocycles. The van der Waals surface area contributed by atoms with Gasteiger partial charge in [-0.15, -0.1) is 0 Å². The van der Waals surface area contributed by atoms with Crippen molar-refractivity contribution in [3.8, 4) is 5.75 Å². The molecule has 26 heavy (non-hydrogen) atoms. The number of halogens is 1. The highest BCUT2D eigenvalue weighted by Crippen LogP contribution is 2.45. The van der Waals surface area contributed by atoms with Gasteiger partial charge in [0.15, 0.2) is 0 Å². The van der Waals surface area contributed by atoms with E-state index in [0.29, 0.717) is 22.6 Å². The van der Waals surface area contributed by atoms with Crippen molar-refractivity contribution in [3.63, 3.8) is 0 Å². The summed E-state index contributed by atoms with van der Waals surface area (Å²) in [5.41, 5.74) is 5.74. The van der Waals surface area contributed by atoms with Gasteiger partial charge in [0.2, 0.25) is 10.0 Å². The summed E-state index contributed by atoms with van der Waals surface area (Å²) < 4.78 is 44.5. The maximum absolute atomic E-state index is 13.5. The number of nitrogens with zero attached hydrogens (tertiary/aromatic N) is 1. The fourth-order valence-electron chi connectivity index (χ4n) is 2.92. The summed E-state index contributed by atoms with van der Waals surface area (Å²) in [5.74, 6) is -0.200. The van der Waals surface area contributed by atoms with Crippen LogP contribution < -0.4 is 15.2 Å². The van der Waals surface area contributed by atoms with E-state index in [1.54, 1.807) is 19.9 Å². The molecule has 1 unspecified atom stereocenters. The summed E-state index contributed by atoms with van der Waals surface area (Å²) in [6.07, 6.45) is 1.04. The van der Waals surface area contributed by atoms with Crippen molar-refractivity contribution in [1.82, 2.24) is 5.06 Å². The molecule has 2 aromatic carbocycles. The van der Waals surface area contributed by atoms with E-state index in [1.165, 1.54) is 30.3 Å². The van der Waals surface area contributed by atoms with Gasteiger partial charge in [-0.1, -0.05) is 12.1 Å². The number of benzene rings is 2. The van der Waals surface area contributed by atoms with Crippen molar-refractivity contribution in [2.75, 3.05) is 16.7 Å². The van der Waals surface area contributed by atoms with Crippen molar-refractivity contribution in [2.45, 2.75) is 25.6 Å². The molecule has 0 spiro atoms. The van der Waals surface area contributed by atoms with E-state index >= 15 is 0 Å². The Morgan fingerprint density at radius 2 is 1.96 bits per heavy atom. The van der Waals surface area contributed by atoms with Crippen LogP contribution in [0.5, 0.6) is 5.75 Å². The smallest absolute Gasteiger partial charge is 0.229 e. The van der Waals surface area contributed by atoms with Gasteiger partial charge in [-0.25, -0.2) is 12.8 Å². The lowest BCUT2D eigenvalue weighted by Crippen LogP contribution is -2.50. The molecule has 0 amide bonds. The number of anilines is 2. The van der Waals surface area contributed by atoms with Gasteiger partial charge >= 0.3 is 0 Å². The van der Waals surface area contributed by atoms with E-state index in [1.807, 2.05) is 0 Å². The summed E-state index contributed by atoms with van der Waals surface area (Å²) in [4.78, 5) is 0. The Morgan fingerprint density at radius 1 is 1.27 bits per heavy atom. The van der Waals surface area contributed by atoms with Crippen molar-refractivity contribution in [3.05, 3.63) is 58.5 Å². The molecular formula is C17H19FN3O4S-. The number of fused-ring (bicyclic) bond motifs is 1. The first-order valence-electron chi connectivity index (χ1n) is 7.80. The zero-order valence-corrected chi connectivity index (χ0v) is 15.3. The first kappa shape index (κ1) is 18.4. The Bertz CT molecular complexity index is 962. The highest BCUT2D eigenvalue weighted by atomic mass is 32.2. The molecule has 2 aromatic rings. The highest BCUT2D eigenvalue weighted by Gasteiger charge is 2.36. The number of ether oxygens (including phenoxy) is 1. The van der Waals surface area contributed by atoms with Crippen LogP contribution in [0, 0.1) is 11.0 Å². The van der Waals surface area contributed by atoms with Crippen molar-refractivity contribution in [2.24, 2.45) is 0 Å². The van der Waals surface area contributed by atoms with Crippen LogP contribution in [0.3, 0.4) is 0 Å². The number of nitrogen functional groups attached to an aromatic ring is 1. The molecule has 0 saturated carbocycles. The molecule has 0 bridgehead atoms. The summed E-state index contributed by atoms with van der Waals surface area (Å²) in [7, 11) is -3.46. The number of hydroxylamine groups is 2. The van der Waals surface area contributed by atoms with Crippen LogP contribution in [-0.4, -0.2) is 25.5 Å². The molecule has 0 fully saturated rings. The van der Waals surface area contributed by atoms with Crippen LogP contribution in [0.25, 0.3) is 0 Å². The maximum atomic E-state index is 13.5. The zero-order valence-electron chi connectivity index (χ0n) is 14.5. The van der Waals surface area contributed by atoms with E-state index in [2.05, 4.69) is 4.72 Å². The SMILES string of the molecule is CC1(C)Oc2cc(NS(C)(=O)=O)ccc2C(c2ccc(F)c(N)c2)N1[O-]. The standard InChI is InChI=1S/C17H19FN3O4S/c1-17(2)21(22)16(10-4-7-13(18)14(19)8-10)12-6-5-11(9-15(12)25-17)20-26(3,23)24/h4-9,16,20H,19H2,1-3H3/q-1. The van der Waals surface area contributed by atoms with Crippen molar-refractivity contribution < 1.29 is 17.5 Å². The minimum atomic E-state index is -3.46. The summed E-state index contributed by atoms with van der Waals surface area (Å²) >= 11 is 0. The van der Waals surface area contributed by atoms with Crippen LogP contribution in [0.2, 0.25) is 0 Å². The molecular weight excluding hydrogens is 361 g/mol. The minimum Gasteiger partial charge on any atom is -0.782 e. The Morgan fingerprint density at radius 3 is 2.58 bits per heavy atom. The largest absolute Gasteiger partial charge is 0.782 e. The fraction of sp³-hybridized carbons (Fsp3) is 0.294. The number of nitrogens with two attached hydrogens (primary N) is 1. The third-order valence-corrected chi connectivity index (χ3v) is 4.68. The molecule has 3 rings (SSSR count). The minimum absolute atomic E-state index is 0.0582. The summed E-state index contributed by atoms with van der Waals surface area (Å²) in [6.45, 7) is 3.19. The molecule has 7 nitrogen and oxygen atoms in total. The number of hydrogen-bond acceptors (Lipinski definition) is 6.